The van der Waals surface area contributed by atoms with Gasteiger partial charge in [-0.05, 0) is 68.1 Å². The Labute approximate surface area is 244 Å². The molecule has 5 aromatic rings. The summed E-state index contributed by atoms with van der Waals surface area (Å²) in [7, 11) is 0. The fraction of sp³-hybridized carbons (Fsp3) is 0.267. The molecule has 5 heterocycles. The maximum Gasteiger partial charge on any atom is 0.433 e. The molecule has 1 unspecified atom stereocenters. The molecule has 0 bridgehead atoms. The molecule has 1 fully saturated rings. The number of anilines is 3. The minimum absolute atomic E-state index is 0.0181. The van der Waals surface area contributed by atoms with Crippen LogP contribution in [-0.4, -0.2) is 42.0 Å². The molecule has 1 aromatic carbocycles. The van der Waals surface area contributed by atoms with Crippen LogP contribution >= 0.6 is 0 Å². The van der Waals surface area contributed by atoms with Crippen molar-refractivity contribution in [2.45, 2.75) is 45.0 Å². The molecule has 0 aliphatic carbocycles. The van der Waals surface area contributed by atoms with Crippen LogP contribution in [0.25, 0.3) is 22.4 Å². The molecule has 43 heavy (non-hydrogen) atoms. The van der Waals surface area contributed by atoms with Crippen LogP contribution in [-0.2, 0) is 22.1 Å². The maximum absolute atomic E-state index is 13.0. The van der Waals surface area contributed by atoms with Crippen LogP contribution in [0.1, 0.15) is 42.4 Å². The quantitative estimate of drug-likeness (QED) is 0.230. The highest BCUT2D eigenvalue weighted by atomic mass is 19.4. The summed E-state index contributed by atoms with van der Waals surface area (Å²) in [5, 5.41) is 6.08. The van der Waals surface area contributed by atoms with Crippen LogP contribution in [0.5, 0.6) is 0 Å². The number of benzene rings is 1. The van der Waals surface area contributed by atoms with E-state index in [1.807, 2.05) is 23.6 Å². The summed E-state index contributed by atoms with van der Waals surface area (Å²) in [5.74, 6) is 0.0202. The number of nitrogens with zero attached hydrogens (tertiary/aromatic N) is 6. The van der Waals surface area contributed by atoms with Gasteiger partial charge < -0.3 is 15.4 Å². The van der Waals surface area contributed by atoms with Gasteiger partial charge in [-0.3, -0.25) is 9.36 Å². The van der Waals surface area contributed by atoms with Gasteiger partial charge in [0.25, 0.3) is 0 Å². The first-order valence-corrected chi connectivity index (χ1v) is 13.7. The van der Waals surface area contributed by atoms with Gasteiger partial charge in [0.15, 0.2) is 5.65 Å². The number of amides is 1. The van der Waals surface area contributed by atoms with Crippen LogP contribution in [0.4, 0.5) is 30.4 Å². The van der Waals surface area contributed by atoms with Crippen molar-refractivity contribution in [1.82, 2.24) is 29.5 Å². The Bertz CT molecular complexity index is 1780. The smallest absolute Gasteiger partial charge is 0.358 e. The normalized spacial score (nSPS) is 15.4. The van der Waals surface area contributed by atoms with Gasteiger partial charge in [0.05, 0.1) is 18.4 Å². The van der Waals surface area contributed by atoms with Gasteiger partial charge in [-0.1, -0.05) is 12.1 Å². The summed E-state index contributed by atoms with van der Waals surface area (Å²) in [6.45, 7) is 2.60. The second-order valence-corrected chi connectivity index (χ2v) is 10.2. The van der Waals surface area contributed by atoms with Gasteiger partial charge in [0.2, 0.25) is 5.91 Å². The number of halogens is 3. The second-order valence-electron chi connectivity index (χ2n) is 10.2. The third-order valence-corrected chi connectivity index (χ3v) is 7.10. The minimum Gasteiger partial charge on any atom is -0.358 e. The molecule has 220 valence electrons. The minimum atomic E-state index is -4.59. The summed E-state index contributed by atoms with van der Waals surface area (Å²) < 4.78 is 46.9. The number of fused-ring (bicyclic) bond motifs is 1. The Morgan fingerprint density at radius 2 is 1.95 bits per heavy atom. The van der Waals surface area contributed by atoms with Crippen molar-refractivity contribution < 1.29 is 22.7 Å². The molecule has 1 atom stereocenters. The topological polar surface area (TPSA) is 120 Å². The average Bonchev–Trinajstić information content (AvgIpc) is 3.44. The number of pyridine rings is 2. The molecule has 6 rings (SSSR count). The zero-order valence-electron chi connectivity index (χ0n) is 23.1. The van der Waals surface area contributed by atoms with Crippen molar-refractivity contribution in [2.24, 2.45) is 0 Å². The van der Waals surface area contributed by atoms with Crippen LogP contribution in [0.3, 0.4) is 0 Å². The second kappa shape index (κ2) is 11.8. The summed E-state index contributed by atoms with van der Waals surface area (Å²) >= 11 is 0. The molecule has 2 N–H and O–H groups in total. The van der Waals surface area contributed by atoms with E-state index < -0.39 is 17.8 Å². The monoisotopic (exact) mass is 588 g/mol. The van der Waals surface area contributed by atoms with Crippen LogP contribution in [0, 0.1) is 6.92 Å². The van der Waals surface area contributed by atoms with Crippen LogP contribution in [0.2, 0.25) is 0 Å². The number of aryl methyl sites for hydroxylation is 1. The molecule has 4 aromatic heterocycles. The Kier molecular flexibility index (Phi) is 7.72. The zero-order valence-corrected chi connectivity index (χ0v) is 23.1. The van der Waals surface area contributed by atoms with Crippen molar-refractivity contribution >= 4 is 34.3 Å². The van der Waals surface area contributed by atoms with Crippen molar-refractivity contribution in [2.75, 3.05) is 17.2 Å². The Balaban J connectivity index is 1.24. The molecule has 1 aliphatic rings. The molecule has 0 saturated carbocycles. The van der Waals surface area contributed by atoms with E-state index in [1.165, 1.54) is 18.5 Å². The number of rotatable bonds is 7. The lowest BCUT2D eigenvalue weighted by Gasteiger charge is -2.23. The fourth-order valence-corrected chi connectivity index (χ4v) is 4.97. The molecule has 1 aliphatic heterocycles. The summed E-state index contributed by atoms with van der Waals surface area (Å²) in [6.07, 6.45) is 2.84. The third-order valence-electron chi connectivity index (χ3n) is 7.10. The van der Waals surface area contributed by atoms with E-state index in [1.54, 1.807) is 30.7 Å². The van der Waals surface area contributed by atoms with Crippen molar-refractivity contribution in [1.29, 1.82) is 0 Å². The van der Waals surface area contributed by atoms with Gasteiger partial charge in [0.1, 0.15) is 35.3 Å². The van der Waals surface area contributed by atoms with E-state index in [0.717, 1.165) is 30.9 Å². The van der Waals surface area contributed by atoms with E-state index >= 15 is 0 Å². The van der Waals surface area contributed by atoms with Crippen molar-refractivity contribution in [3.8, 4) is 11.3 Å². The molecule has 0 radical (unpaired) electrons. The van der Waals surface area contributed by atoms with Gasteiger partial charge in [-0.2, -0.15) is 13.2 Å². The molecule has 1 amide bonds. The van der Waals surface area contributed by atoms with E-state index in [-0.39, 0.29) is 18.3 Å². The fourth-order valence-electron chi connectivity index (χ4n) is 4.97. The number of carbonyl (C=O) groups excluding carboxylic acids is 1. The largest absolute Gasteiger partial charge is 0.433 e. The highest BCUT2D eigenvalue weighted by Crippen LogP contribution is 2.34. The Morgan fingerprint density at radius 3 is 2.77 bits per heavy atom. The molecular formula is C30H27F3N8O2. The summed E-state index contributed by atoms with van der Waals surface area (Å²) in [5.41, 5.74) is 3.57. The lowest BCUT2D eigenvalue weighted by molar-refractivity contribution is -0.141. The number of ether oxygens (including phenoxy) is 1. The number of carbonyl (C=O) groups is 1. The van der Waals surface area contributed by atoms with Gasteiger partial charge in [-0.25, -0.2) is 24.9 Å². The van der Waals surface area contributed by atoms with Gasteiger partial charge in [0, 0.05) is 29.7 Å². The average molecular weight is 589 g/mol. The number of hydrogen-bond acceptors (Lipinski definition) is 8. The maximum atomic E-state index is 13.0. The molecule has 0 spiro atoms. The molecule has 13 heteroatoms. The van der Waals surface area contributed by atoms with Crippen LogP contribution < -0.4 is 10.6 Å². The highest BCUT2D eigenvalue weighted by molar-refractivity contribution is 5.94. The standard InChI is InChI=1S/C30H27F3N8O2/c1-18-10-11-20(39-24(42)15-19-6-4-8-23(38-19)30(31,32)33)14-22(18)40-28-21(7-5-12-34-28)26-27-29(36-16-35-26)41(17-37-27)25-9-2-3-13-43-25/h4-8,10-12,14,16-17,25H,2-3,9,13,15H2,1H3,(H,34,40)(H,39,42). The Hall–Kier alpha value is -4.91. The first-order chi connectivity index (χ1) is 20.8. The lowest BCUT2D eigenvalue weighted by atomic mass is 10.1. The number of alkyl halides is 3. The SMILES string of the molecule is Cc1ccc(NC(=O)Cc2cccc(C(F)(F)F)n2)cc1Nc1ncccc1-c1ncnc2c1ncn2C1CCCCO1. The number of imidazole rings is 1. The molecule has 1 saturated heterocycles. The summed E-state index contributed by atoms with van der Waals surface area (Å²) in [4.78, 5) is 34.4. The van der Waals surface area contributed by atoms with E-state index in [4.69, 9.17) is 4.74 Å². The summed E-state index contributed by atoms with van der Waals surface area (Å²) in [6, 6.07) is 12.4. The number of aromatic nitrogens is 6. The predicted octanol–water partition coefficient (Wildman–Crippen LogP) is 6.23. The van der Waals surface area contributed by atoms with E-state index in [9.17, 15) is 18.0 Å². The van der Waals surface area contributed by atoms with Crippen molar-refractivity contribution in [3.05, 3.63) is 84.3 Å². The van der Waals surface area contributed by atoms with Crippen LogP contribution in [0.15, 0.2) is 67.4 Å². The zero-order chi connectivity index (χ0) is 30.0. The number of nitrogens with one attached hydrogen (secondary N) is 2. The number of hydrogen-bond donors (Lipinski definition) is 2. The molecular weight excluding hydrogens is 561 g/mol. The predicted molar refractivity (Wildman–Crippen MR) is 153 cm³/mol. The van der Waals surface area contributed by atoms with E-state index in [2.05, 4.69) is 35.6 Å². The van der Waals surface area contributed by atoms with Crippen molar-refractivity contribution in [3.63, 3.8) is 0 Å². The molecule has 10 nitrogen and oxygen atoms in total. The first-order valence-electron chi connectivity index (χ1n) is 13.7. The third kappa shape index (κ3) is 6.16. The van der Waals surface area contributed by atoms with Gasteiger partial charge in [-0.15, -0.1) is 0 Å². The lowest BCUT2D eigenvalue weighted by Crippen LogP contribution is -2.17. The first kappa shape index (κ1) is 28.2. The Morgan fingerprint density at radius 1 is 1.07 bits per heavy atom. The van der Waals surface area contributed by atoms with Gasteiger partial charge >= 0.3 is 6.18 Å². The van der Waals surface area contributed by atoms with E-state index in [0.29, 0.717) is 46.2 Å². The highest BCUT2D eigenvalue weighted by Gasteiger charge is 2.32.